The fourth-order valence-corrected chi connectivity index (χ4v) is 7.10. The van der Waals surface area contributed by atoms with Crippen molar-refractivity contribution in [1.29, 1.82) is 0 Å². The van der Waals surface area contributed by atoms with Crippen LogP contribution in [0.15, 0.2) is 163 Å². The SMILES string of the molecule is C(=C\c1ccccc1)/CN1CCN(C(c2ccccc2)c2ccccc2)CC1.CN(C)CCCSc1ccccc1NC(=O)/C=C/c1ccccc1.Cl. The van der Waals surface area contributed by atoms with Crippen LogP contribution in [0, 0.1) is 0 Å². The van der Waals surface area contributed by atoms with Crippen LogP contribution < -0.4 is 5.32 Å². The van der Waals surface area contributed by atoms with Gasteiger partial charge in [-0.15, -0.1) is 24.2 Å². The highest BCUT2D eigenvalue weighted by atomic mass is 35.5. The summed E-state index contributed by atoms with van der Waals surface area (Å²) in [5.74, 6) is 0.922. The van der Waals surface area contributed by atoms with Crippen LogP contribution in [0.5, 0.6) is 0 Å². The first-order chi connectivity index (χ1) is 25.5. The number of halogens is 1. The van der Waals surface area contributed by atoms with Gasteiger partial charge in [0.1, 0.15) is 0 Å². The van der Waals surface area contributed by atoms with Crippen molar-refractivity contribution in [2.45, 2.75) is 17.4 Å². The third-order valence-corrected chi connectivity index (χ3v) is 10.0. The van der Waals surface area contributed by atoms with Crippen LogP contribution in [0.3, 0.4) is 0 Å². The Morgan fingerprint density at radius 2 is 1.21 bits per heavy atom. The number of anilines is 1. The Morgan fingerprint density at radius 1 is 0.698 bits per heavy atom. The second-order valence-corrected chi connectivity index (χ2v) is 14.2. The number of rotatable bonds is 14. The zero-order chi connectivity index (χ0) is 36.2. The van der Waals surface area contributed by atoms with Crippen LogP contribution in [-0.2, 0) is 4.79 Å². The zero-order valence-electron chi connectivity index (χ0n) is 31.0. The maximum Gasteiger partial charge on any atom is 0.248 e. The molecule has 5 nitrogen and oxygen atoms in total. The number of piperazine rings is 1. The first-order valence-electron chi connectivity index (χ1n) is 18.2. The molecule has 1 fully saturated rings. The molecule has 5 aromatic rings. The zero-order valence-corrected chi connectivity index (χ0v) is 32.6. The summed E-state index contributed by atoms with van der Waals surface area (Å²) in [7, 11) is 4.16. The molecule has 1 aliphatic heterocycles. The molecule has 0 unspecified atom stereocenters. The molecule has 0 aromatic heterocycles. The molecule has 5 aromatic carbocycles. The third-order valence-electron chi connectivity index (χ3n) is 8.86. The first kappa shape index (κ1) is 41.3. The molecule has 0 saturated carbocycles. The van der Waals surface area contributed by atoms with Gasteiger partial charge in [0.05, 0.1) is 11.7 Å². The lowest BCUT2D eigenvalue weighted by Gasteiger charge is -2.39. The summed E-state index contributed by atoms with van der Waals surface area (Å²) in [6.07, 6.45) is 9.03. The molecule has 0 radical (unpaired) electrons. The molecule has 1 aliphatic rings. The van der Waals surface area contributed by atoms with Gasteiger partial charge in [-0.1, -0.05) is 146 Å². The lowest BCUT2D eigenvalue weighted by atomic mass is 9.96. The number of nitrogens with zero attached hydrogens (tertiary/aromatic N) is 3. The van der Waals surface area contributed by atoms with Crippen molar-refractivity contribution in [1.82, 2.24) is 14.7 Å². The smallest absolute Gasteiger partial charge is 0.248 e. The number of hydrogen-bond acceptors (Lipinski definition) is 5. The molecule has 0 aliphatic carbocycles. The molecular formula is C46H53ClN4OS. The Hall–Kier alpha value is -4.43. The fourth-order valence-electron chi connectivity index (χ4n) is 6.16. The third kappa shape index (κ3) is 14.5. The summed E-state index contributed by atoms with van der Waals surface area (Å²) in [4.78, 5) is 20.6. The maximum atomic E-state index is 12.1. The summed E-state index contributed by atoms with van der Waals surface area (Å²) < 4.78 is 0. The number of thioether (sulfide) groups is 1. The molecule has 1 heterocycles. The molecule has 0 bridgehead atoms. The van der Waals surface area contributed by atoms with Gasteiger partial charge >= 0.3 is 0 Å². The van der Waals surface area contributed by atoms with Gasteiger partial charge in [0.15, 0.2) is 0 Å². The normalized spacial score (nSPS) is 13.5. The van der Waals surface area contributed by atoms with E-state index in [1.807, 2.05) is 54.6 Å². The van der Waals surface area contributed by atoms with Crippen LogP contribution in [0.25, 0.3) is 12.2 Å². The van der Waals surface area contributed by atoms with Crippen LogP contribution in [-0.4, -0.2) is 79.7 Å². The van der Waals surface area contributed by atoms with Crippen molar-refractivity contribution in [3.05, 3.63) is 180 Å². The minimum atomic E-state index is -0.111. The van der Waals surface area contributed by atoms with Gasteiger partial charge in [-0.05, 0) is 73.3 Å². The van der Waals surface area contributed by atoms with Crippen LogP contribution in [0.2, 0.25) is 0 Å². The maximum absolute atomic E-state index is 12.1. The Balaban J connectivity index is 0.000000235. The number of amides is 1. The molecule has 1 N–H and O–H groups in total. The number of hydrogen-bond donors (Lipinski definition) is 1. The largest absolute Gasteiger partial charge is 0.321 e. The monoisotopic (exact) mass is 744 g/mol. The Bertz CT molecular complexity index is 1760. The van der Waals surface area contributed by atoms with Crippen LogP contribution in [0.1, 0.15) is 34.7 Å². The molecule has 0 atom stereocenters. The summed E-state index contributed by atoms with van der Waals surface area (Å²) in [6, 6.07) is 50.5. The van der Waals surface area contributed by atoms with E-state index < -0.39 is 0 Å². The summed E-state index contributed by atoms with van der Waals surface area (Å²) in [5.41, 5.74) is 5.92. The Kier molecular flexibility index (Phi) is 18.2. The van der Waals surface area contributed by atoms with Crippen LogP contribution >= 0.6 is 24.2 Å². The Labute approximate surface area is 327 Å². The molecule has 1 amide bonds. The number of carbonyl (C=O) groups excluding carboxylic acids is 1. The molecule has 276 valence electrons. The standard InChI is InChI=1S/C26H28N2.C20H24N2OS.ClH/c1-4-11-23(12-5-1)13-10-18-27-19-21-28(22-20-27)26(24-14-6-2-7-15-24)25-16-8-3-9-17-25;1-22(2)15-8-16-24-19-12-7-6-11-18(19)21-20(23)14-13-17-9-4-3-5-10-17;/h1-17,26H,18-22H2;3-7,9-14H,8,15-16H2,1-2H3,(H,21,23);1H/b13-10+;14-13+;. The number of para-hydroxylation sites is 1. The van der Waals surface area contributed by atoms with Crippen LogP contribution in [0.4, 0.5) is 5.69 Å². The van der Waals surface area contributed by atoms with E-state index in [0.29, 0.717) is 6.04 Å². The van der Waals surface area contributed by atoms with E-state index in [-0.39, 0.29) is 18.3 Å². The van der Waals surface area contributed by atoms with Crippen molar-refractivity contribution in [3.8, 4) is 0 Å². The second-order valence-electron chi connectivity index (χ2n) is 13.1. The fraction of sp³-hybridized carbons (Fsp3) is 0.239. The molecular weight excluding hydrogens is 692 g/mol. The Morgan fingerprint density at radius 3 is 1.77 bits per heavy atom. The van der Waals surface area contributed by atoms with Crippen molar-refractivity contribution in [3.63, 3.8) is 0 Å². The first-order valence-corrected chi connectivity index (χ1v) is 19.2. The van der Waals surface area contributed by atoms with E-state index in [1.165, 1.54) is 16.7 Å². The predicted molar refractivity (Wildman–Crippen MR) is 230 cm³/mol. The van der Waals surface area contributed by atoms with Gasteiger partial charge in [0, 0.05) is 43.7 Å². The van der Waals surface area contributed by atoms with Gasteiger partial charge < -0.3 is 10.2 Å². The van der Waals surface area contributed by atoms with E-state index in [9.17, 15) is 4.79 Å². The van der Waals surface area contributed by atoms with E-state index in [4.69, 9.17) is 0 Å². The highest BCUT2D eigenvalue weighted by molar-refractivity contribution is 7.99. The van der Waals surface area contributed by atoms with Gasteiger partial charge in [-0.25, -0.2) is 0 Å². The summed E-state index contributed by atoms with van der Waals surface area (Å²) in [5, 5.41) is 2.97. The average molecular weight is 745 g/mol. The van der Waals surface area contributed by atoms with E-state index in [2.05, 4.69) is 143 Å². The van der Waals surface area contributed by atoms with Crippen molar-refractivity contribution in [2.24, 2.45) is 0 Å². The summed E-state index contributed by atoms with van der Waals surface area (Å²) in [6.45, 7) is 6.48. The van der Waals surface area contributed by atoms with Gasteiger partial charge in [0.2, 0.25) is 5.91 Å². The van der Waals surface area contributed by atoms with E-state index in [1.54, 1.807) is 17.8 Å². The lowest BCUT2D eigenvalue weighted by Crippen LogP contribution is -2.47. The van der Waals surface area contributed by atoms with E-state index in [0.717, 1.165) is 67.6 Å². The van der Waals surface area contributed by atoms with Crippen molar-refractivity contribution >= 4 is 47.9 Å². The summed E-state index contributed by atoms with van der Waals surface area (Å²) >= 11 is 1.78. The van der Waals surface area contributed by atoms with E-state index >= 15 is 0 Å². The predicted octanol–water partition coefficient (Wildman–Crippen LogP) is 9.91. The molecule has 6 rings (SSSR count). The molecule has 1 saturated heterocycles. The highest BCUT2D eigenvalue weighted by Crippen LogP contribution is 2.30. The molecule has 0 spiro atoms. The number of benzene rings is 5. The lowest BCUT2D eigenvalue weighted by molar-refractivity contribution is -0.111. The molecule has 7 heteroatoms. The minimum absolute atomic E-state index is 0. The minimum Gasteiger partial charge on any atom is -0.321 e. The molecule has 53 heavy (non-hydrogen) atoms. The number of nitrogens with one attached hydrogen (secondary N) is 1. The van der Waals surface area contributed by atoms with Crippen molar-refractivity contribution in [2.75, 3.05) is 64.4 Å². The van der Waals surface area contributed by atoms with Gasteiger partial charge in [0.25, 0.3) is 0 Å². The van der Waals surface area contributed by atoms with Crippen molar-refractivity contribution < 1.29 is 4.79 Å². The highest BCUT2D eigenvalue weighted by Gasteiger charge is 2.25. The quantitative estimate of drug-likeness (QED) is 0.0697. The average Bonchev–Trinajstić information content (AvgIpc) is 3.19. The topological polar surface area (TPSA) is 38.8 Å². The number of carbonyl (C=O) groups is 1. The second kappa shape index (κ2) is 23.3. The van der Waals surface area contributed by atoms with Gasteiger partial charge in [-0.3, -0.25) is 14.6 Å². The van der Waals surface area contributed by atoms with Gasteiger partial charge in [-0.2, -0.15) is 0 Å².